The van der Waals surface area contributed by atoms with E-state index in [1.54, 1.807) is 11.3 Å². The topological polar surface area (TPSA) is 9.23 Å². The van der Waals surface area contributed by atoms with Gasteiger partial charge in [-0.25, -0.2) is 0 Å². The monoisotopic (exact) mass is 310 g/mol. The molecule has 1 nitrogen and oxygen atoms in total. The fourth-order valence-corrected chi connectivity index (χ4v) is 3.05. The van der Waals surface area contributed by atoms with Crippen molar-refractivity contribution in [3.63, 3.8) is 0 Å². The van der Waals surface area contributed by atoms with Crippen molar-refractivity contribution in [1.29, 1.82) is 0 Å². The maximum absolute atomic E-state index is 5.63. The minimum atomic E-state index is 0.220. The van der Waals surface area contributed by atoms with Crippen molar-refractivity contribution in [2.45, 2.75) is 24.8 Å². The average Bonchev–Trinajstić information content (AvgIpc) is 2.82. The second-order valence-corrected chi connectivity index (χ2v) is 5.85. The average molecular weight is 311 g/mol. The lowest BCUT2D eigenvalue weighted by molar-refractivity contribution is 0.242. The van der Waals surface area contributed by atoms with E-state index in [0.29, 0.717) is 0 Å². The molecule has 1 unspecified atom stereocenters. The quantitative estimate of drug-likeness (QED) is 0.720. The number of thiophene rings is 1. The number of benzene rings is 1. The van der Waals surface area contributed by atoms with Crippen LogP contribution in [0.3, 0.4) is 0 Å². The molecule has 0 amide bonds. The van der Waals surface area contributed by atoms with Crippen molar-refractivity contribution < 1.29 is 4.74 Å². The van der Waals surface area contributed by atoms with Gasteiger partial charge in [0.2, 0.25) is 0 Å². The van der Waals surface area contributed by atoms with Crippen LogP contribution >= 0.6 is 27.3 Å². The van der Waals surface area contributed by atoms with E-state index in [1.807, 2.05) is 26.0 Å². The van der Waals surface area contributed by atoms with E-state index < -0.39 is 0 Å². The third-order valence-electron chi connectivity index (χ3n) is 2.38. The fourth-order valence-electron chi connectivity index (χ4n) is 1.60. The van der Waals surface area contributed by atoms with Crippen LogP contribution in [0.2, 0.25) is 0 Å². The van der Waals surface area contributed by atoms with Crippen molar-refractivity contribution >= 4 is 27.3 Å². The van der Waals surface area contributed by atoms with Crippen molar-refractivity contribution in [2.75, 3.05) is 0 Å². The van der Waals surface area contributed by atoms with Gasteiger partial charge in [0, 0.05) is 0 Å². The summed E-state index contributed by atoms with van der Waals surface area (Å²) in [5.74, 6) is 0.925. The van der Waals surface area contributed by atoms with Crippen LogP contribution in [0.5, 0.6) is 5.75 Å². The minimum Gasteiger partial charge on any atom is -0.491 e. The van der Waals surface area contributed by atoms with Crippen LogP contribution in [-0.2, 0) is 0 Å². The first kappa shape index (κ1) is 12.7. The predicted octanol–water partition coefficient (Wildman–Crippen LogP) is 5.02. The zero-order chi connectivity index (χ0) is 12.3. The second kappa shape index (κ2) is 5.69. The molecule has 1 aromatic carbocycles. The Hall–Kier alpha value is -0.800. The van der Waals surface area contributed by atoms with E-state index in [4.69, 9.17) is 4.74 Å². The van der Waals surface area contributed by atoms with Gasteiger partial charge in [-0.15, -0.1) is 0 Å². The van der Waals surface area contributed by atoms with E-state index in [9.17, 15) is 0 Å². The molecule has 0 aliphatic heterocycles. The van der Waals surface area contributed by atoms with Gasteiger partial charge in [-0.2, -0.15) is 11.3 Å². The Kier molecular flexibility index (Phi) is 4.24. The summed E-state index contributed by atoms with van der Waals surface area (Å²) in [6.45, 7) is 4.07. The molecule has 0 aliphatic rings. The van der Waals surface area contributed by atoms with Crippen molar-refractivity contribution in [1.82, 2.24) is 0 Å². The summed E-state index contributed by atoms with van der Waals surface area (Å²) in [7, 11) is 0. The molecule has 0 saturated heterocycles. The first-order valence-electron chi connectivity index (χ1n) is 5.59. The molecule has 0 radical (unpaired) electrons. The zero-order valence-corrected chi connectivity index (χ0v) is 12.3. The lowest BCUT2D eigenvalue weighted by Gasteiger charge is -2.12. The SMILES string of the molecule is CC(C)Oc1ccc(C(Br)c2ccsc2)cc1. The minimum absolute atomic E-state index is 0.220. The van der Waals surface area contributed by atoms with Gasteiger partial charge in [0.15, 0.2) is 0 Å². The van der Waals surface area contributed by atoms with E-state index in [2.05, 4.69) is 44.9 Å². The number of halogens is 1. The predicted molar refractivity (Wildman–Crippen MR) is 77.3 cm³/mol. The lowest BCUT2D eigenvalue weighted by Crippen LogP contribution is -2.05. The molecule has 0 spiro atoms. The first-order valence-corrected chi connectivity index (χ1v) is 7.45. The third-order valence-corrected chi connectivity index (χ3v) is 4.14. The molecular formula is C14H15BrOS. The van der Waals surface area contributed by atoms with E-state index >= 15 is 0 Å². The molecule has 3 heteroatoms. The fraction of sp³-hybridized carbons (Fsp3) is 0.286. The Morgan fingerprint density at radius 2 is 1.76 bits per heavy atom. The largest absolute Gasteiger partial charge is 0.491 e. The standard InChI is InChI=1S/C14H15BrOS/c1-10(2)16-13-5-3-11(4-6-13)14(15)12-7-8-17-9-12/h3-10,14H,1-2H3. The van der Waals surface area contributed by atoms with Gasteiger partial charge in [0.1, 0.15) is 5.75 Å². The lowest BCUT2D eigenvalue weighted by atomic mass is 10.1. The molecule has 0 bridgehead atoms. The van der Waals surface area contributed by atoms with E-state index in [0.717, 1.165) is 5.75 Å². The smallest absolute Gasteiger partial charge is 0.119 e. The first-order chi connectivity index (χ1) is 8.16. The van der Waals surface area contributed by atoms with Crippen LogP contribution in [0.4, 0.5) is 0 Å². The molecule has 2 aromatic rings. The summed E-state index contributed by atoms with van der Waals surface area (Å²) >= 11 is 5.43. The molecule has 2 rings (SSSR count). The Morgan fingerprint density at radius 1 is 1.06 bits per heavy atom. The number of rotatable bonds is 4. The van der Waals surface area contributed by atoms with Crippen LogP contribution in [0.25, 0.3) is 0 Å². The molecule has 17 heavy (non-hydrogen) atoms. The Morgan fingerprint density at radius 3 is 2.29 bits per heavy atom. The van der Waals surface area contributed by atoms with Crippen molar-refractivity contribution in [3.8, 4) is 5.75 Å². The summed E-state index contributed by atoms with van der Waals surface area (Å²) in [5, 5.41) is 4.26. The number of hydrogen-bond donors (Lipinski definition) is 0. The Balaban J connectivity index is 2.12. The molecule has 0 N–H and O–H groups in total. The summed E-state index contributed by atoms with van der Waals surface area (Å²) in [5.41, 5.74) is 2.55. The number of alkyl halides is 1. The van der Waals surface area contributed by atoms with Gasteiger partial charge < -0.3 is 4.74 Å². The van der Waals surface area contributed by atoms with Crippen LogP contribution < -0.4 is 4.74 Å². The Bertz CT molecular complexity index is 448. The summed E-state index contributed by atoms with van der Waals surface area (Å²) in [4.78, 5) is 0.266. The van der Waals surface area contributed by atoms with E-state index in [1.165, 1.54) is 11.1 Å². The highest BCUT2D eigenvalue weighted by atomic mass is 79.9. The van der Waals surface area contributed by atoms with Gasteiger partial charge in [-0.3, -0.25) is 0 Å². The van der Waals surface area contributed by atoms with E-state index in [-0.39, 0.29) is 10.9 Å². The summed E-state index contributed by atoms with van der Waals surface area (Å²) in [6.07, 6.45) is 0.220. The van der Waals surface area contributed by atoms with Gasteiger partial charge in [0.05, 0.1) is 10.9 Å². The van der Waals surface area contributed by atoms with Gasteiger partial charge >= 0.3 is 0 Å². The molecule has 0 aliphatic carbocycles. The Labute approximate surface area is 115 Å². The van der Waals surface area contributed by atoms with Crippen LogP contribution in [0, 0.1) is 0 Å². The molecular weight excluding hydrogens is 296 g/mol. The maximum atomic E-state index is 5.63. The molecule has 1 aromatic heterocycles. The van der Waals surface area contributed by atoms with Gasteiger partial charge in [0.25, 0.3) is 0 Å². The third kappa shape index (κ3) is 3.33. The zero-order valence-electron chi connectivity index (χ0n) is 9.89. The van der Waals surface area contributed by atoms with Crippen molar-refractivity contribution in [3.05, 3.63) is 52.2 Å². The van der Waals surface area contributed by atoms with Crippen molar-refractivity contribution in [2.24, 2.45) is 0 Å². The molecule has 0 fully saturated rings. The highest BCUT2D eigenvalue weighted by Gasteiger charge is 2.10. The van der Waals surface area contributed by atoms with Gasteiger partial charge in [-0.05, 0) is 53.9 Å². The molecule has 1 atom stereocenters. The highest BCUT2D eigenvalue weighted by molar-refractivity contribution is 9.09. The molecule has 1 heterocycles. The summed E-state index contributed by atoms with van der Waals surface area (Å²) in [6, 6.07) is 10.4. The second-order valence-electron chi connectivity index (χ2n) is 4.15. The van der Waals surface area contributed by atoms with Crippen LogP contribution in [-0.4, -0.2) is 6.10 Å². The molecule has 90 valence electrons. The number of hydrogen-bond acceptors (Lipinski definition) is 2. The van der Waals surface area contributed by atoms with Gasteiger partial charge in [-0.1, -0.05) is 28.1 Å². The normalized spacial score (nSPS) is 12.7. The summed E-state index contributed by atoms with van der Waals surface area (Å²) < 4.78 is 5.63. The maximum Gasteiger partial charge on any atom is 0.119 e. The molecule has 0 saturated carbocycles. The highest BCUT2D eigenvalue weighted by Crippen LogP contribution is 2.32. The van der Waals surface area contributed by atoms with Crippen LogP contribution in [0.15, 0.2) is 41.1 Å². The van der Waals surface area contributed by atoms with Crippen LogP contribution in [0.1, 0.15) is 29.8 Å². The number of ether oxygens (including phenoxy) is 1.